The molecular weight excluding hydrogens is 278 g/mol. The lowest BCUT2D eigenvalue weighted by atomic mass is 10.2. The second-order valence-electron chi connectivity index (χ2n) is 5.16. The number of hydrogen-bond donors (Lipinski definition) is 1. The standard InChI is InChI=1S/C18H21NO3/c1-13-4-7-15(8-5-13)22-11-10-18(20)19-16-12-14(2)6-9-17(16)21-3/h4-9,12H,10-11H2,1-3H3,(H,19,20). The molecule has 0 spiro atoms. The van der Waals surface area contributed by atoms with Crippen molar-refractivity contribution in [2.24, 2.45) is 0 Å². The van der Waals surface area contributed by atoms with Gasteiger partial charge >= 0.3 is 0 Å². The summed E-state index contributed by atoms with van der Waals surface area (Å²) in [5.41, 5.74) is 2.92. The first-order chi connectivity index (χ1) is 10.6. The molecule has 2 rings (SSSR count). The van der Waals surface area contributed by atoms with E-state index >= 15 is 0 Å². The van der Waals surface area contributed by atoms with E-state index < -0.39 is 0 Å². The number of anilines is 1. The number of nitrogens with one attached hydrogen (secondary N) is 1. The summed E-state index contributed by atoms with van der Waals surface area (Å²) >= 11 is 0. The summed E-state index contributed by atoms with van der Waals surface area (Å²) in [7, 11) is 1.58. The quantitative estimate of drug-likeness (QED) is 0.884. The van der Waals surface area contributed by atoms with Gasteiger partial charge in [0, 0.05) is 0 Å². The van der Waals surface area contributed by atoms with Crippen LogP contribution in [0.3, 0.4) is 0 Å². The van der Waals surface area contributed by atoms with E-state index in [-0.39, 0.29) is 12.3 Å². The van der Waals surface area contributed by atoms with Gasteiger partial charge in [0.05, 0.1) is 25.8 Å². The molecule has 4 nitrogen and oxygen atoms in total. The summed E-state index contributed by atoms with van der Waals surface area (Å²) in [5, 5.41) is 2.85. The number of benzene rings is 2. The molecule has 0 fully saturated rings. The van der Waals surface area contributed by atoms with Crippen LogP contribution < -0.4 is 14.8 Å². The van der Waals surface area contributed by atoms with Crippen molar-refractivity contribution in [3.63, 3.8) is 0 Å². The highest BCUT2D eigenvalue weighted by Gasteiger charge is 2.08. The average Bonchev–Trinajstić information content (AvgIpc) is 2.49. The van der Waals surface area contributed by atoms with Gasteiger partial charge in [-0.1, -0.05) is 23.8 Å². The van der Waals surface area contributed by atoms with E-state index in [0.29, 0.717) is 18.0 Å². The number of amides is 1. The van der Waals surface area contributed by atoms with Gasteiger partial charge in [0.15, 0.2) is 0 Å². The molecule has 0 heterocycles. The highest BCUT2D eigenvalue weighted by molar-refractivity contribution is 5.92. The van der Waals surface area contributed by atoms with Crippen LogP contribution in [-0.2, 0) is 4.79 Å². The number of carbonyl (C=O) groups excluding carboxylic acids is 1. The minimum absolute atomic E-state index is 0.101. The number of ether oxygens (including phenoxy) is 2. The Balaban J connectivity index is 1.85. The maximum Gasteiger partial charge on any atom is 0.227 e. The van der Waals surface area contributed by atoms with E-state index in [0.717, 1.165) is 11.3 Å². The molecule has 1 amide bonds. The third-order valence-corrected chi connectivity index (χ3v) is 3.25. The molecule has 22 heavy (non-hydrogen) atoms. The molecule has 2 aromatic carbocycles. The van der Waals surface area contributed by atoms with Gasteiger partial charge in [-0.15, -0.1) is 0 Å². The number of hydrogen-bond acceptors (Lipinski definition) is 3. The molecule has 0 aliphatic rings. The third-order valence-electron chi connectivity index (χ3n) is 3.25. The maximum absolute atomic E-state index is 12.0. The molecule has 116 valence electrons. The average molecular weight is 299 g/mol. The fraction of sp³-hybridized carbons (Fsp3) is 0.278. The van der Waals surface area contributed by atoms with Gasteiger partial charge in [0.1, 0.15) is 11.5 Å². The van der Waals surface area contributed by atoms with Crippen molar-refractivity contribution in [3.8, 4) is 11.5 Å². The van der Waals surface area contributed by atoms with E-state index in [4.69, 9.17) is 9.47 Å². The van der Waals surface area contributed by atoms with Crippen LogP contribution in [0.2, 0.25) is 0 Å². The van der Waals surface area contributed by atoms with Crippen LogP contribution >= 0.6 is 0 Å². The number of rotatable bonds is 6. The molecule has 1 N–H and O–H groups in total. The SMILES string of the molecule is COc1ccc(C)cc1NC(=O)CCOc1ccc(C)cc1. The van der Waals surface area contributed by atoms with Crippen LogP contribution in [0.4, 0.5) is 5.69 Å². The molecule has 0 saturated carbocycles. The van der Waals surface area contributed by atoms with E-state index in [1.165, 1.54) is 5.56 Å². The summed E-state index contributed by atoms with van der Waals surface area (Å²) < 4.78 is 10.8. The Bertz CT molecular complexity index is 635. The first kappa shape index (κ1) is 15.9. The molecule has 0 aliphatic carbocycles. The summed E-state index contributed by atoms with van der Waals surface area (Å²) in [4.78, 5) is 12.0. The normalized spacial score (nSPS) is 10.1. The van der Waals surface area contributed by atoms with Gasteiger partial charge in [-0.3, -0.25) is 4.79 Å². The van der Waals surface area contributed by atoms with Gasteiger partial charge < -0.3 is 14.8 Å². The summed E-state index contributed by atoms with van der Waals surface area (Å²) in [5.74, 6) is 1.32. The minimum atomic E-state index is -0.101. The second kappa shape index (κ2) is 7.50. The number of carbonyl (C=O) groups is 1. The van der Waals surface area contributed by atoms with Crippen LogP contribution in [0, 0.1) is 13.8 Å². The predicted molar refractivity (Wildman–Crippen MR) is 87.7 cm³/mol. The van der Waals surface area contributed by atoms with Crippen LogP contribution in [0.15, 0.2) is 42.5 Å². The molecule has 0 saturated heterocycles. The van der Waals surface area contributed by atoms with E-state index in [1.807, 2.05) is 56.3 Å². The van der Waals surface area contributed by atoms with Gasteiger partial charge in [-0.05, 0) is 43.7 Å². The molecule has 0 aromatic heterocycles. The molecule has 0 bridgehead atoms. The Morgan fingerprint density at radius 1 is 1.05 bits per heavy atom. The largest absolute Gasteiger partial charge is 0.495 e. The molecule has 4 heteroatoms. The smallest absolute Gasteiger partial charge is 0.227 e. The van der Waals surface area contributed by atoms with Crippen LogP contribution in [-0.4, -0.2) is 19.6 Å². The lowest BCUT2D eigenvalue weighted by Gasteiger charge is -2.11. The van der Waals surface area contributed by atoms with E-state index in [1.54, 1.807) is 7.11 Å². The van der Waals surface area contributed by atoms with Gasteiger partial charge in [-0.2, -0.15) is 0 Å². The van der Waals surface area contributed by atoms with Crippen LogP contribution in [0.25, 0.3) is 0 Å². The molecular formula is C18H21NO3. The molecule has 0 aliphatic heterocycles. The van der Waals surface area contributed by atoms with Crippen molar-refractivity contribution in [3.05, 3.63) is 53.6 Å². The van der Waals surface area contributed by atoms with E-state index in [9.17, 15) is 4.79 Å². The van der Waals surface area contributed by atoms with Crippen LogP contribution in [0.1, 0.15) is 17.5 Å². The lowest BCUT2D eigenvalue weighted by molar-refractivity contribution is -0.116. The van der Waals surface area contributed by atoms with Crippen molar-refractivity contribution in [1.82, 2.24) is 0 Å². The maximum atomic E-state index is 12.0. The Morgan fingerprint density at radius 3 is 2.41 bits per heavy atom. The molecule has 0 radical (unpaired) electrons. The third kappa shape index (κ3) is 4.52. The first-order valence-electron chi connectivity index (χ1n) is 7.22. The number of aryl methyl sites for hydroxylation is 2. The fourth-order valence-corrected chi connectivity index (χ4v) is 2.03. The number of methoxy groups -OCH3 is 1. The van der Waals surface area contributed by atoms with Crippen molar-refractivity contribution < 1.29 is 14.3 Å². The topological polar surface area (TPSA) is 47.6 Å². The Morgan fingerprint density at radius 2 is 1.73 bits per heavy atom. The Hall–Kier alpha value is -2.49. The van der Waals surface area contributed by atoms with E-state index in [2.05, 4.69) is 5.32 Å². The second-order valence-corrected chi connectivity index (χ2v) is 5.16. The summed E-state index contributed by atoms with van der Waals surface area (Å²) in [6.07, 6.45) is 0.283. The first-order valence-corrected chi connectivity index (χ1v) is 7.22. The van der Waals surface area contributed by atoms with Crippen LogP contribution in [0.5, 0.6) is 11.5 Å². The zero-order valence-electron chi connectivity index (χ0n) is 13.2. The summed E-state index contributed by atoms with van der Waals surface area (Å²) in [6, 6.07) is 13.4. The monoisotopic (exact) mass is 299 g/mol. The Kier molecular flexibility index (Phi) is 5.42. The molecule has 0 unspecified atom stereocenters. The highest BCUT2D eigenvalue weighted by atomic mass is 16.5. The van der Waals surface area contributed by atoms with Crippen molar-refractivity contribution in [2.45, 2.75) is 20.3 Å². The van der Waals surface area contributed by atoms with Gasteiger partial charge in [0.25, 0.3) is 0 Å². The molecule has 0 atom stereocenters. The molecule has 2 aromatic rings. The zero-order chi connectivity index (χ0) is 15.9. The zero-order valence-corrected chi connectivity index (χ0v) is 13.2. The van der Waals surface area contributed by atoms with Gasteiger partial charge in [0.2, 0.25) is 5.91 Å². The van der Waals surface area contributed by atoms with Gasteiger partial charge in [-0.25, -0.2) is 0 Å². The highest BCUT2D eigenvalue weighted by Crippen LogP contribution is 2.25. The van der Waals surface area contributed by atoms with Crippen molar-refractivity contribution in [1.29, 1.82) is 0 Å². The lowest BCUT2D eigenvalue weighted by Crippen LogP contribution is -2.15. The summed E-state index contributed by atoms with van der Waals surface area (Å²) in [6.45, 7) is 4.32. The fourth-order valence-electron chi connectivity index (χ4n) is 2.03. The van der Waals surface area contributed by atoms with Crippen molar-refractivity contribution in [2.75, 3.05) is 19.0 Å². The minimum Gasteiger partial charge on any atom is -0.495 e. The van der Waals surface area contributed by atoms with Crippen molar-refractivity contribution >= 4 is 11.6 Å². The Labute approximate surface area is 131 Å². The predicted octanol–water partition coefficient (Wildman–Crippen LogP) is 3.72.